The first-order chi connectivity index (χ1) is 10.2. The summed E-state index contributed by atoms with van der Waals surface area (Å²) in [5.74, 6) is 0.535. The Morgan fingerprint density at radius 2 is 2.14 bits per heavy atom. The SMILES string of the molecule is C=C[C@@H]1CC[C@@H]([C@H](O)c2ccnc3ccccc23)N(C)C1. The number of para-hydroxylation sites is 1. The molecule has 2 aromatic rings. The second-order valence-corrected chi connectivity index (χ2v) is 5.94. The van der Waals surface area contributed by atoms with Crippen LogP contribution in [0.25, 0.3) is 10.9 Å². The highest BCUT2D eigenvalue weighted by Crippen LogP contribution is 2.32. The van der Waals surface area contributed by atoms with E-state index in [1.54, 1.807) is 6.20 Å². The molecular formula is C18H22N2O. The van der Waals surface area contributed by atoms with Gasteiger partial charge in [0.15, 0.2) is 0 Å². The van der Waals surface area contributed by atoms with Gasteiger partial charge in [-0.1, -0.05) is 24.3 Å². The molecule has 0 bridgehead atoms. The molecule has 3 nitrogen and oxygen atoms in total. The highest BCUT2D eigenvalue weighted by atomic mass is 16.3. The number of aromatic nitrogens is 1. The molecule has 0 saturated carbocycles. The molecule has 1 aliphatic rings. The Hall–Kier alpha value is -1.71. The van der Waals surface area contributed by atoms with E-state index < -0.39 is 6.10 Å². The maximum atomic E-state index is 10.9. The van der Waals surface area contributed by atoms with Crippen molar-refractivity contribution >= 4 is 10.9 Å². The first kappa shape index (κ1) is 14.2. The molecule has 0 amide bonds. The number of piperidine rings is 1. The zero-order chi connectivity index (χ0) is 14.8. The number of likely N-dealkylation sites (N-methyl/N-ethyl adjacent to an activating group) is 1. The molecule has 0 aliphatic carbocycles. The summed E-state index contributed by atoms with van der Waals surface area (Å²) in [5, 5.41) is 11.9. The highest BCUT2D eigenvalue weighted by Gasteiger charge is 2.31. The topological polar surface area (TPSA) is 36.4 Å². The molecule has 3 atom stereocenters. The number of aliphatic hydroxyl groups is 1. The van der Waals surface area contributed by atoms with Crippen LogP contribution in [-0.2, 0) is 0 Å². The lowest BCUT2D eigenvalue weighted by Crippen LogP contribution is -2.43. The maximum absolute atomic E-state index is 10.9. The maximum Gasteiger partial charge on any atom is 0.0952 e. The van der Waals surface area contributed by atoms with Gasteiger partial charge in [0, 0.05) is 24.2 Å². The lowest BCUT2D eigenvalue weighted by molar-refractivity contribution is 0.0309. The average molecular weight is 282 g/mol. The Morgan fingerprint density at radius 3 is 2.90 bits per heavy atom. The molecule has 0 radical (unpaired) electrons. The predicted molar refractivity (Wildman–Crippen MR) is 86.0 cm³/mol. The summed E-state index contributed by atoms with van der Waals surface area (Å²) in [6.45, 7) is 4.86. The van der Waals surface area contributed by atoms with Crippen LogP contribution in [0.4, 0.5) is 0 Å². The molecule has 1 fully saturated rings. The second kappa shape index (κ2) is 5.96. The van der Waals surface area contributed by atoms with E-state index in [0.717, 1.165) is 35.9 Å². The van der Waals surface area contributed by atoms with Gasteiger partial charge in [-0.05, 0) is 43.5 Å². The van der Waals surface area contributed by atoms with Gasteiger partial charge in [-0.25, -0.2) is 0 Å². The molecule has 2 heterocycles. The summed E-state index contributed by atoms with van der Waals surface area (Å²) in [5.41, 5.74) is 1.92. The fraction of sp³-hybridized carbons (Fsp3) is 0.389. The number of rotatable bonds is 3. The summed E-state index contributed by atoms with van der Waals surface area (Å²) in [7, 11) is 2.09. The Labute approximate surface area is 125 Å². The van der Waals surface area contributed by atoms with E-state index in [9.17, 15) is 5.11 Å². The minimum absolute atomic E-state index is 0.159. The van der Waals surface area contributed by atoms with Gasteiger partial charge in [-0.15, -0.1) is 6.58 Å². The van der Waals surface area contributed by atoms with Crippen molar-refractivity contribution in [1.29, 1.82) is 0 Å². The second-order valence-electron chi connectivity index (χ2n) is 5.94. The van der Waals surface area contributed by atoms with Crippen molar-refractivity contribution in [2.24, 2.45) is 5.92 Å². The first-order valence-electron chi connectivity index (χ1n) is 7.55. The molecule has 3 rings (SSSR count). The van der Waals surface area contributed by atoms with Crippen molar-refractivity contribution in [2.75, 3.05) is 13.6 Å². The molecule has 110 valence electrons. The number of aliphatic hydroxyl groups excluding tert-OH is 1. The van der Waals surface area contributed by atoms with E-state index in [-0.39, 0.29) is 6.04 Å². The Kier molecular flexibility index (Phi) is 4.04. The van der Waals surface area contributed by atoms with E-state index in [4.69, 9.17) is 0 Å². The smallest absolute Gasteiger partial charge is 0.0952 e. The van der Waals surface area contributed by atoms with Gasteiger partial charge in [-0.3, -0.25) is 9.88 Å². The van der Waals surface area contributed by atoms with Gasteiger partial charge in [0.1, 0.15) is 0 Å². The van der Waals surface area contributed by atoms with Crippen LogP contribution in [0.15, 0.2) is 49.2 Å². The Balaban J connectivity index is 1.90. The van der Waals surface area contributed by atoms with E-state index >= 15 is 0 Å². The van der Waals surface area contributed by atoms with Gasteiger partial charge >= 0.3 is 0 Å². The third-order valence-corrected chi connectivity index (χ3v) is 4.62. The van der Waals surface area contributed by atoms with Crippen LogP contribution in [0.5, 0.6) is 0 Å². The molecule has 1 aromatic heterocycles. The summed E-state index contributed by atoms with van der Waals surface area (Å²) in [6, 6.07) is 10.1. The number of fused-ring (bicyclic) bond motifs is 1. The lowest BCUT2D eigenvalue weighted by Gasteiger charge is -2.39. The molecule has 1 aliphatic heterocycles. The Morgan fingerprint density at radius 1 is 1.33 bits per heavy atom. The van der Waals surface area contributed by atoms with Crippen molar-refractivity contribution in [3.8, 4) is 0 Å². The zero-order valence-electron chi connectivity index (χ0n) is 12.4. The van der Waals surface area contributed by atoms with E-state index in [0.29, 0.717) is 5.92 Å². The first-order valence-corrected chi connectivity index (χ1v) is 7.55. The fourth-order valence-electron chi connectivity index (χ4n) is 3.38. The number of hydrogen-bond acceptors (Lipinski definition) is 3. The molecule has 1 N–H and O–H groups in total. The molecular weight excluding hydrogens is 260 g/mol. The highest BCUT2D eigenvalue weighted by molar-refractivity contribution is 5.82. The van der Waals surface area contributed by atoms with Crippen LogP contribution in [0.3, 0.4) is 0 Å². The Bertz CT molecular complexity index is 635. The van der Waals surface area contributed by atoms with Gasteiger partial charge < -0.3 is 5.11 Å². The van der Waals surface area contributed by atoms with Gasteiger partial charge in [0.05, 0.1) is 11.6 Å². The van der Waals surface area contributed by atoms with Crippen LogP contribution in [-0.4, -0.2) is 34.6 Å². The van der Waals surface area contributed by atoms with E-state index in [1.165, 1.54) is 0 Å². The van der Waals surface area contributed by atoms with Gasteiger partial charge in [0.25, 0.3) is 0 Å². The third kappa shape index (κ3) is 2.71. The third-order valence-electron chi connectivity index (χ3n) is 4.62. The lowest BCUT2D eigenvalue weighted by atomic mass is 9.87. The number of benzene rings is 1. The summed E-state index contributed by atoms with van der Waals surface area (Å²) >= 11 is 0. The molecule has 0 unspecified atom stereocenters. The summed E-state index contributed by atoms with van der Waals surface area (Å²) in [4.78, 5) is 6.64. The molecule has 1 saturated heterocycles. The van der Waals surface area contributed by atoms with Gasteiger partial charge in [0.2, 0.25) is 0 Å². The van der Waals surface area contributed by atoms with E-state index in [2.05, 4.69) is 23.5 Å². The fourth-order valence-corrected chi connectivity index (χ4v) is 3.38. The zero-order valence-corrected chi connectivity index (χ0v) is 12.4. The molecule has 0 spiro atoms. The van der Waals surface area contributed by atoms with Crippen LogP contribution in [0, 0.1) is 5.92 Å². The standard InChI is InChI=1S/C18H22N2O/c1-3-13-8-9-17(20(2)12-13)18(21)15-10-11-19-16-7-5-4-6-14(15)16/h3-7,10-11,13,17-18,21H,1,8-9,12H2,2H3/t13-,17+,18-/m1/s1. The van der Waals surface area contributed by atoms with Crippen molar-refractivity contribution < 1.29 is 5.11 Å². The minimum atomic E-state index is -0.478. The number of hydrogen-bond donors (Lipinski definition) is 1. The monoisotopic (exact) mass is 282 g/mol. The molecule has 3 heteroatoms. The van der Waals surface area contributed by atoms with Crippen LogP contribution < -0.4 is 0 Å². The normalized spacial score (nSPS) is 24.9. The number of nitrogens with zero attached hydrogens (tertiary/aromatic N) is 2. The molecule has 21 heavy (non-hydrogen) atoms. The van der Waals surface area contributed by atoms with Crippen molar-refractivity contribution in [1.82, 2.24) is 9.88 Å². The largest absolute Gasteiger partial charge is 0.387 e. The number of pyridine rings is 1. The van der Waals surface area contributed by atoms with Crippen LogP contribution in [0.2, 0.25) is 0 Å². The predicted octanol–water partition coefficient (Wildman–Crippen LogP) is 3.16. The van der Waals surface area contributed by atoms with Crippen molar-refractivity contribution in [2.45, 2.75) is 25.0 Å². The van der Waals surface area contributed by atoms with Crippen LogP contribution >= 0.6 is 0 Å². The number of likely N-dealkylation sites (tertiary alicyclic amines) is 1. The summed E-state index contributed by atoms with van der Waals surface area (Å²) in [6.07, 6.45) is 5.43. The minimum Gasteiger partial charge on any atom is -0.387 e. The van der Waals surface area contributed by atoms with Crippen molar-refractivity contribution in [3.63, 3.8) is 0 Å². The van der Waals surface area contributed by atoms with Crippen LogP contribution in [0.1, 0.15) is 24.5 Å². The summed E-state index contributed by atoms with van der Waals surface area (Å²) < 4.78 is 0. The average Bonchev–Trinajstić information content (AvgIpc) is 2.53. The van der Waals surface area contributed by atoms with E-state index in [1.807, 2.05) is 36.4 Å². The van der Waals surface area contributed by atoms with Gasteiger partial charge in [-0.2, -0.15) is 0 Å². The molecule has 1 aromatic carbocycles. The van der Waals surface area contributed by atoms with Crippen molar-refractivity contribution in [3.05, 3.63) is 54.7 Å². The quantitative estimate of drug-likeness (QED) is 0.879.